The number of benzene rings is 10. The van der Waals surface area contributed by atoms with Crippen LogP contribution in [0.5, 0.6) is 0 Å². The van der Waals surface area contributed by atoms with Gasteiger partial charge in [0.25, 0.3) is 6.71 Å². The van der Waals surface area contributed by atoms with Crippen LogP contribution in [0.25, 0.3) is 72.4 Å². The van der Waals surface area contributed by atoms with Gasteiger partial charge < -0.3 is 23.8 Å². The molecular weight excluding hydrogens is 1390 g/mol. The molecule has 13 aromatic rings. The summed E-state index contributed by atoms with van der Waals surface area (Å²) in [6.07, 6.45) is 1.82. The van der Waals surface area contributed by atoms with Crippen LogP contribution >= 0.6 is 0 Å². The number of aryl methyl sites for hydroxylation is 2. The average Bonchev–Trinajstić information content (AvgIpc) is 1.31. The molecule has 0 aliphatic carbocycles. The van der Waals surface area contributed by atoms with E-state index >= 15 is 0 Å². The van der Waals surface area contributed by atoms with Crippen molar-refractivity contribution in [1.82, 2.24) is 14.5 Å². The molecule has 6 nitrogen and oxygen atoms in total. The van der Waals surface area contributed by atoms with Gasteiger partial charge in [0.15, 0.2) is 0 Å². The van der Waals surface area contributed by atoms with E-state index < -0.39 is 0 Å². The fourth-order valence-corrected chi connectivity index (χ4v) is 14.5. The van der Waals surface area contributed by atoms with E-state index in [-0.39, 0.29) is 54.3 Å². The quantitative estimate of drug-likeness (QED) is 0.112. The minimum atomic E-state index is -0.275. The number of para-hydroxylation sites is 3. The summed E-state index contributed by atoms with van der Waals surface area (Å²) in [6, 6.07) is 77.5. The van der Waals surface area contributed by atoms with E-state index in [1.807, 2.05) is 32.2 Å². The van der Waals surface area contributed by atoms with Gasteiger partial charge in [-0.15, -0.1) is 48.0 Å². The van der Waals surface area contributed by atoms with E-state index in [1.54, 1.807) is 6.07 Å². The second-order valence-electron chi connectivity index (χ2n) is 32.0. The maximum absolute atomic E-state index is 12.7. The standard InChI is InChI=1S/C77H78BN4O.C13H11FN.Ir/c1-46(2)56-21-19-22-57(47(3)4)71(56)82-66-26-18-17-25-63(66)79-73(82)60-24-20-23-59-58-38-27-48(43-69(58)83-72(59)60)49-41-67-70-68(42-49)81(55-36-30-51(31-37-55)75(8,9)10)65-40-33-53(77(14,15)16)45-62(65)78(70)61-44-52(76(11,12)13)32-39-64(61)80(67)54-34-28-50(29-35-54)74(5,6)7;1-9-7-13(15-8-10(9)2)11-3-5-12(14)6-4-11;/h17-23,25-47H,1-16H3;3,5-8H,1-2H3;/q2*-1;. The summed E-state index contributed by atoms with van der Waals surface area (Å²) in [5.74, 6) is 1.13. The Balaban J connectivity index is 0.000000486. The Labute approximate surface area is 599 Å². The van der Waals surface area contributed by atoms with Crippen molar-refractivity contribution in [2.45, 2.75) is 158 Å². The Morgan fingerprint density at radius 3 is 1.57 bits per heavy atom. The van der Waals surface area contributed by atoms with Crippen molar-refractivity contribution in [3.05, 3.63) is 263 Å². The van der Waals surface area contributed by atoms with Crippen molar-refractivity contribution in [2.24, 2.45) is 0 Å². The van der Waals surface area contributed by atoms with Gasteiger partial charge in [-0.3, -0.25) is 9.37 Å². The van der Waals surface area contributed by atoms with Crippen molar-refractivity contribution in [1.29, 1.82) is 0 Å². The molecule has 1 radical (unpaired) electrons. The molecule has 0 fully saturated rings. The van der Waals surface area contributed by atoms with Gasteiger partial charge in [-0.05, 0) is 186 Å². The minimum Gasteiger partial charge on any atom is -0.501 e. The van der Waals surface area contributed by atoms with Gasteiger partial charge >= 0.3 is 0 Å². The number of furan rings is 1. The molecule has 0 saturated carbocycles. The first-order valence-corrected chi connectivity index (χ1v) is 34.9. The zero-order valence-corrected chi connectivity index (χ0v) is 63.0. The number of anilines is 6. The van der Waals surface area contributed by atoms with Crippen LogP contribution in [0.15, 0.2) is 205 Å². The molecule has 2 aliphatic heterocycles. The monoisotopic (exact) mass is 1480 g/mol. The van der Waals surface area contributed by atoms with Crippen LogP contribution in [0.4, 0.5) is 38.5 Å². The first-order valence-electron chi connectivity index (χ1n) is 34.9. The van der Waals surface area contributed by atoms with Gasteiger partial charge in [0.1, 0.15) is 5.58 Å². The van der Waals surface area contributed by atoms with Crippen molar-refractivity contribution in [3.8, 4) is 39.5 Å². The molecule has 5 heterocycles. The number of fused-ring (bicyclic) bond motifs is 8. The topological polar surface area (TPSA) is 50.3 Å². The molecule has 3 aromatic heterocycles. The van der Waals surface area contributed by atoms with Gasteiger partial charge in [-0.25, -0.2) is 0 Å². The summed E-state index contributed by atoms with van der Waals surface area (Å²) in [7, 11) is 0. The second kappa shape index (κ2) is 25.5. The van der Waals surface area contributed by atoms with Gasteiger partial charge in [0.2, 0.25) is 0 Å². The molecule has 0 amide bonds. The summed E-state index contributed by atoms with van der Waals surface area (Å²) in [5.41, 5.74) is 30.5. The Morgan fingerprint density at radius 1 is 0.505 bits per heavy atom. The number of halogens is 1. The van der Waals surface area contributed by atoms with E-state index in [4.69, 9.17) is 9.40 Å². The molecule has 0 unspecified atom stereocenters. The number of rotatable bonds is 8. The zero-order chi connectivity index (χ0) is 69.2. The molecular formula is C90H89BFIrN5O-2. The molecule has 99 heavy (non-hydrogen) atoms. The number of hydrogen-bond donors (Lipinski definition) is 0. The largest absolute Gasteiger partial charge is 0.501 e. The van der Waals surface area contributed by atoms with Crippen LogP contribution in [-0.2, 0) is 41.8 Å². The number of pyridine rings is 1. The first kappa shape index (κ1) is 68.4. The fraction of sp³-hybridized carbons (Fsp3) is 0.267. The Morgan fingerprint density at radius 2 is 1.05 bits per heavy atom. The fourth-order valence-electron chi connectivity index (χ4n) is 14.5. The molecule has 9 heteroatoms. The van der Waals surface area contributed by atoms with Gasteiger partial charge in [0.05, 0.1) is 22.4 Å². The predicted molar refractivity (Wildman–Crippen MR) is 413 cm³/mol. The van der Waals surface area contributed by atoms with Crippen LogP contribution in [0.1, 0.15) is 167 Å². The van der Waals surface area contributed by atoms with Gasteiger partial charge in [-0.2, -0.15) is 0 Å². The van der Waals surface area contributed by atoms with Gasteiger partial charge in [0, 0.05) is 77.3 Å². The number of aromatic nitrogens is 3. The molecule has 2 aliphatic rings. The van der Waals surface area contributed by atoms with Crippen molar-refractivity contribution in [2.75, 3.05) is 9.80 Å². The van der Waals surface area contributed by atoms with E-state index in [1.165, 1.54) is 95.9 Å². The van der Waals surface area contributed by atoms with Crippen LogP contribution in [0.2, 0.25) is 0 Å². The molecule has 0 atom stereocenters. The van der Waals surface area contributed by atoms with Crippen molar-refractivity contribution in [3.63, 3.8) is 0 Å². The number of nitrogens with zero attached hydrogens (tertiary/aromatic N) is 5. The summed E-state index contributed by atoms with van der Waals surface area (Å²) < 4.78 is 22.3. The summed E-state index contributed by atoms with van der Waals surface area (Å²) in [6.45, 7) is 41.0. The molecule has 10 aromatic carbocycles. The smallest absolute Gasteiger partial charge is 0.252 e. The molecule has 0 saturated heterocycles. The minimum absolute atomic E-state index is 0. The first-order chi connectivity index (χ1) is 46.5. The Kier molecular flexibility index (Phi) is 17.7. The van der Waals surface area contributed by atoms with Crippen molar-refractivity contribution < 1.29 is 28.9 Å². The maximum Gasteiger partial charge on any atom is 0.252 e. The second-order valence-corrected chi connectivity index (χ2v) is 32.0. The summed E-state index contributed by atoms with van der Waals surface area (Å²) >= 11 is 0. The maximum atomic E-state index is 12.7. The van der Waals surface area contributed by atoms with Crippen LogP contribution in [-0.4, -0.2) is 21.2 Å². The molecule has 0 N–H and O–H groups in total. The van der Waals surface area contributed by atoms with Crippen LogP contribution in [0.3, 0.4) is 0 Å². The van der Waals surface area contributed by atoms with E-state index in [2.05, 4.69) is 306 Å². The number of hydrogen-bond acceptors (Lipinski definition) is 5. The molecule has 15 rings (SSSR count). The van der Waals surface area contributed by atoms with E-state index in [9.17, 15) is 4.39 Å². The summed E-state index contributed by atoms with van der Waals surface area (Å²) in [4.78, 5) is 14.8. The average molecular weight is 1480 g/mol. The van der Waals surface area contributed by atoms with Crippen LogP contribution in [0, 0.1) is 31.8 Å². The van der Waals surface area contributed by atoms with E-state index in [0.29, 0.717) is 11.8 Å². The predicted octanol–water partition coefficient (Wildman–Crippen LogP) is 22.9. The Hall–Kier alpha value is -9.14. The van der Waals surface area contributed by atoms with Crippen LogP contribution < -0.4 is 26.2 Å². The number of imidazole rings is 1. The van der Waals surface area contributed by atoms with Gasteiger partial charge in [-0.1, -0.05) is 224 Å². The third-order valence-corrected chi connectivity index (χ3v) is 20.3. The van der Waals surface area contributed by atoms with E-state index in [0.717, 1.165) is 83.7 Å². The molecule has 0 bridgehead atoms. The molecule has 0 spiro atoms. The van der Waals surface area contributed by atoms with Crippen molar-refractivity contribution >= 4 is 90.2 Å². The summed E-state index contributed by atoms with van der Waals surface area (Å²) in [5, 5.41) is 2.09. The third-order valence-electron chi connectivity index (χ3n) is 20.3. The normalized spacial score (nSPS) is 13.0. The third kappa shape index (κ3) is 12.5. The Bertz CT molecular complexity index is 5070. The molecule has 501 valence electrons. The SMILES string of the molecule is CC(C)c1cccc(C(C)C)c1-n1c(-c2[c-]ccc3c2oc2cc(-c4cc5c6c(c4)N(c4ccc(C(C)(C)C)cc4)c4ccc(C(C)(C)C)cc4B6c4cc(C(C)(C)C)ccc4N5c4ccc(C(C)(C)C)cc4)ccc23)nc2ccccc21.Cc1cnc(-c2[c-]cc(F)cc2)cc1C.[Ir]. The zero-order valence-electron chi connectivity index (χ0n) is 60.6.